The fourth-order valence-corrected chi connectivity index (χ4v) is 3.58. The molecule has 1 atom stereocenters. The molecule has 2 aromatic rings. The average molecular weight is 365 g/mol. The summed E-state index contributed by atoms with van der Waals surface area (Å²) in [5, 5.41) is 0. The summed E-state index contributed by atoms with van der Waals surface area (Å²) in [7, 11) is 1.58. The fraction of sp³-hybridized carbons (Fsp3) is 0.391. The molecule has 4 nitrogen and oxygen atoms in total. The number of amides is 1. The van der Waals surface area contributed by atoms with E-state index in [4.69, 9.17) is 4.74 Å². The van der Waals surface area contributed by atoms with E-state index < -0.39 is 5.41 Å². The minimum absolute atomic E-state index is 0.0231. The van der Waals surface area contributed by atoms with E-state index >= 15 is 0 Å². The lowest BCUT2D eigenvalue weighted by atomic mass is 9.79. The summed E-state index contributed by atoms with van der Waals surface area (Å²) in [5.74, 6) is 0.347. The van der Waals surface area contributed by atoms with Gasteiger partial charge in [-0.15, -0.1) is 0 Å². The number of ether oxygens (including phenoxy) is 1. The van der Waals surface area contributed by atoms with Crippen molar-refractivity contribution in [3.05, 3.63) is 59.7 Å². The molecular formula is C23H27NO3. The van der Waals surface area contributed by atoms with Gasteiger partial charge in [-0.3, -0.25) is 9.59 Å². The zero-order valence-corrected chi connectivity index (χ0v) is 16.7. The van der Waals surface area contributed by atoms with Gasteiger partial charge in [0, 0.05) is 12.1 Å². The first kappa shape index (κ1) is 19.2. The van der Waals surface area contributed by atoms with Crippen molar-refractivity contribution in [2.75, 3.05) is 18.6 Å². The number of rotatable bonds is 4. The first-order chi connectivity index (χ1) is 12.7. The van der Waals surface area contributed by atoms with Crippen LogP contribution in [0.4, 0.5) is 5.69 Å². The van der Waals surface area contributed by atoms with Crippen molar-refractivity contribution < 1.29 is 14.3 Å². The topological polar surface area (TPSA) is 46.6 Å². The zero-order valence-electron chi connectivity index (χ0n) is 16.7. The zero-order chi connectivity index (χ0) is 19.8. The number of benzene rings is 2. The maximum atomic E-state index is 13.2. The number of hydrogen-bond acceptors (Lipinski definition) is 3. The van der Waals surface area contributed by atoms with Crippen LogP contribution in [-0.2, 0) is 10.2 Å². The Balaban J connectivity index is 1.88. The molecule has 1 unspecified atom stereocenters. The van der Waals surface area contributed by atoms with Crippen molar-refractivity contribution in [3.63, 3.8) is 0 Å². The minimum Gasteiger partial charge on any atom is -0.495 e. The van der Waals surface area contributed by atoms with Crippen LogP contribution in [0, 0.1) is 5.41 Å². The van der Waals surface area contributed by atoms with Gasteiger partial charge in [0.05, 0.1) is 12.8 Å². The predicted octanol–water partition coefficient (Wildman–Crippen LogP) is 4.62. The van der Waals surface area contributed by atoms with E-state index in [0.29, 0.717) is 30.0 Å². The Labute approximate surface area is 161 Å². The summed E-state index contributed by atoms with van der Waals surface area (Å²) >= 11 is 0. The standard InChI is InChI=1S/C23H27NO3/c1-22(2,3)17-12-10-16(11-13-17)20(25)23(4)14-15-24(21(23)26)18-8-6-7-9-19(18)27-5/h6-13H,14-15H2,1-5H3. The molecule has 0 aliphatic carbocycles. The Morgan fingerprint density at radius 3 is 2.30 bits per heavy atom. The molecule has 1 aliphatic rings. The van der Waals surface area contributed by atoms with Crippen LogP contribution in [0.25, 0.3) is 0 Å². The summed E-state index contributed by atoms with van der Waals surface area (Å²) < 4.78 is 5.39. The maximum absolute atomic E-state index is 13.2. The number of nitrogens with zero attached hydrogens (tertiary/aromatic N) is 1. The summed E-state index contributed by atoms with van der Waals surface area (Å²) in [5.41, 5.74) is 1.43. The molecule has 1 heterocycles. The van der Waals surface area contributed by atoms with Gasteiger partial charge in [0.1, 0.15) is 11.2 Å². The smallest absolute Gasteiger partial charge is 0.240 e. The second kappa shape index (κ2) is 6.84. The fourth-order valence-electron chi connectivity index (χ4n) is 3.58. The van der Waals surface area contributed by atoms with Crippen molar-refractivity contribution in [2.45, 2.75) is 39.5 Å². The number of Topliss-reactive ketones (excluding diaryl/α,β-unsaturated/α-hetero) is 1. The second-order valence-corrected chi connectivity index (χ2v) is 8.37. The Bertz CT molecular complexity index is 864. The number of ketones is 1. The molecule has 0 aromatic heterocycles. The maximum Gasteiger partial charge on any atom is 0.240 e. The molecule has 142 valence electrons. The lowest BCUT2D eigenvalue weighted by molar-refractivity contribution is -0.122. The highest BCUT2D eigenvalue weighted by molar-refractivity contribution is 6.19. The lowest BCUT2D eigenvalue weighted by Gasteiger charge is -2.24. The molecule has 4 heteroatoms. The quantitative estimate of drug-likeness (QED) is 0.587. The SMILES string of the molecule is COc1ccccc1N1CCC(C)(C(=O)c2ccc(C(C)(C)C)cc2)C1=O. The number of para-hydroxylation sites is 2. The van der Waals surface area contributed by atoms with E-state index in [0.717, 1.165) is 5.56 Å². The van der Waals surface area contributed by atoms with E-state index in [1.807, 2.05) is 48.5 Å². The molecule has 0 N–H and O–H groups in total. The number of carbonyl (C=O) groups excluding carboxylic acids is 2. The first-order valence-electron chi connectivity index (χ1n) is 9.29. The van der Waals surface area contributed by atoms with Crippen LogP contribution in [0.1, 0.15) is 50.0 Å². The highest BCUT2D eigenvalue weighted by atomic mass is 16.5. The molecular weight excluding hydrogens is 338 g/mol. The van der Waals surface area contributed by atoms with Gasteiger partial charge in [-0.05, 0) is 36.5 Å². The molecule has 2 aromatic carbocycles. The Kier molecular flexibility index (Phi) is 4.85. The van der Waals surface area contributed by atoms with Gasteiger partial charge in [-0.25, -0.2) is 0 Å². The highest BCUT2D eigenvalue weighted by Crippen LogP contribution is 2.40. The summed E-state index contributed by atoms with van der Waals surface area (Å²) in [6.07, 6.45) is 0.490. The number of hydrogen-bond donors (Lipinski definition) is 0. The molecule has 1 saturated heterocycles. The first-order valence-corrected chi connectivity index (χ1v) is 9.29. The molecule has 0 spiro atoms. The van der Waals surface area contributed by atoms with Crippen LogP contribution < -0.4 is 9.64 Å². The van der Waals surface area contributed by atoms with Gasteiger partial charge in [-0.1, -0.05) is 57.2 Å². The average Bonchev–Trinajstić information content (AvgIpc) is 2.96. The van der Waals surface area contributed by atoms with Gasteiger partial charge in [0.25, 0.3) is 0 Å². The van der Waals surface area contributed by atoms with Crippen LogP contribution in [0.5, 0.6) is 5.75 Å². The monoisotopic (exact) mass is 365 g/mol. The molecule has 0 saturated carbocycles. The van der Waals surface area contributed by atoms with Crippen molar-refractivity contribution in [2.24, 2.45) is 5.41 Å². The third-order valence-corrected chi connectivity index (χ3v) is 5.44. The Morgan fingerprint density at radius 1 is 1.07 bits per heavy atom. The Morgan fingerprint density at radius 2 is 1.70 bits per heavy atom. The van der Waals surface area contributed by atoms with E-state index in [1.165, 1.54) is 0 Å². The summed E-state index contributed by atoms with van der Waals surface area (Å²) in [4.78, 5) is 28.0. The van der Waals surface area contributed by atoms with E-state index in [1.54, 1.807) is 18.9 Å². The number of anilines is 1. The minimum atomic E-state index is -1.05. The van der Waals surface area contributed by atoms with E-state index in [-0.39, 0.29) is 17.1 Å². The van der Waals surface area contributed by atoms with Crippen LogP contribution in [0.3, 0.4) is 0 Å². The van der Waals surface area contributed by atoms with Crippen molar-refractivity contribution in [3.8, 4) is 5.75 Å². The summed E-state index contributed by atoms with van der Waals surface area (Å²) in [6.45, 7) is 8.66. The van der Waals surface area contributed by atoms with Gasteiger partial charge in [0.15, 0.2) is 5.78 Å². The van der Waals surface area contributed by atoms with Crippen LogP contribution in [-0.4, -0.2) is 25.3 Å². The van der Waals surface area contributed by atoms with Gasteiger partial charge in [0.2, 0.25) is 5.91 Å². The van der Waals surface area contributed by atoms with Crippen molar-refractivity contribution in [1.82, 2.24) is 0 Å². The normalized spacial score (nSPS) is 20.0. The number of methoxy groups -OCH3 is 1. The molecule has 27 heavy (non-hydrogen) atoms. The second-order valence-electron chi connectivity index (χ2n) is 8.37. The molecule has 1 amide bonds. The van der Waals surface area contributed by atoms with Gasteiger partial charge >= 0.3 is 0 Å². The molecule has 3 rings (SSSR count). The van der Waals surface area contributed by atoms with Gasteiger partial charge < -0.3 is 9.64 Å². The number of carbonyl (C=O) groups is 2. The van der Waals surface area contributed by atoms with Crippen LogP contribution >= 0.6 is 0 Å². The van der Waals surface area contributed by atoms with E-state index in [2.05, 4.69) is 20.8 Å². The molecule has 0 bridgehead atoms. The van der Waals surface area contributed by atoms with E-state index in [9.17, 15) is 9.59 Å². The molecule has 1 aliphatic heterocycles. The molecule has 1 fully saturated rings. The van der Waals surface area contributed by atoms with Crippen molar-refractivity contribution >= 4 is 17.4 Å². The largest absolute Gasteiger partial charge is 0.495 e. The molecule has 0 radical (unpaired) electrons. The Hall–Kier alpha value is -2.62. The van der Waals surface area contributed by atoms with Crippen molar-refractivity contribution in [1.29, 1.82) is 0 Å². The predicted molar refractivity (Wildman–Crippen MR) is 108 cm³/mol. The third kappa shape index (κ3) is 3.36. The van der Waals surface area contributed by atoms with Gasteiger partial charge in [-0.2, -0.15) is 0 Å². The van der Waals surface area contributed by atoms with Crippen LogP contribution in [0.15, 0.2) is 48.5 Å². The third-order valence-electron chi connectivity index (χ3n) is 5.44. The highest BCUT2D eigenvalue weighted by Gasteiger charge is 2.49. The van der Waals surface area contributed by atoms with Crippen LogP contribution in [0.2, 0.25) is 0 Å². The lowest BCUT2D eigenvalue weighted by Crippen LogP contribution is -2.38. The summed E-state index contributed by atoms with van der Waals surface area (Å²) in [6, 6.07) is 15.1.